The summed E-state index contributed by atoms with van der Waals surface area (Å²) < 4.78 is 5.57. The zero-order chi connectivity index (χ0) is 16.8. The summed E-state index contributed by atoms with van der Waals surface area (Å²) in [5.41, 5.74) is 1.29. The molecule has 2 aromatic carbocycles. The molecule has 0 aromatic heterocycles. The highest BCUT2D eigenvalue weighted by molar-refractivity contribution is 9.10. The quantitative estimate of drug-likeness (QED) is 0.786. The van der Waals surface area contributed by atoms with Crippen molar-refractivity contribution in [3.05, 3.63) is 69.2 Å². The van der Waals surface area contributed by atoms with Gasteiger partial charge in [-0.1, -0.05) is 45.7 Å². The molecule has 0 heterocycles. The van der Waals surface area contributed by atoms with E-state index in [2.05, 4.69) is 21.2 Å². The van der Waals surface area contributed by atoms with Crippen LogP contribution in [0.1, 0.15) is 15.9 Å². The first-order valence-corrected chi connectivity index (χ1v) is 8.05. The number of ether oxygens (including phenoxy) is 1. The highest BCUT2D eigenvalue weighted by Gasteiger charge is 2.22. The molecule has 0 spiro atoms. The molecule has 23 heavy (non-hydrogen) atoms. The lowest BCUT2D eigenvalue weighted by atomic mass is 10.1. The molecule has 0 bridgehead atoms. The second-order valence-corrected chi connectivity index (χ2v) is 6.25. The van der Waals surface area contributed by atoms with Gasteiger partial charge in [-0.3, -0.25) is 4.79 Å². The van der Waals surface area contributed by atoms with Crippen molar-refractivity contribution in [2.75, 3.05) is 7.11 Å². The number of amides is 1. The fourth-order valence-electron chi connectivity index (χ4n) is 2.11. The average Bonchev–Trinajstić information content (AvgIpc) is 2.53. The van der Waals surface area contributed by atoms with Crippen LogP contribution in [-0.2, 0) is 16.0 Å². The van der Waals surface area contributed by atoms with Crippen molar-refractivity contribution >= 4 is 39.4 Å². The molecule has 120 valence electrons. The Bertz CT molecular complexity index is 720. The summed E-state index contributed by atoms with van der Waals surface area (Å²) in [7, 11) is 1.29. The number of nitrogens with one attached hydrogen (secondary N) is 1. The summed E-state index contributed by atoms with van der Waals surface area (Å²) in [4.78, 5) is 24.3. The third-order valence-corrected chi connectivity index (χ3v) is 3.94. The van der Waals surface area contributed by atoms with Gasteiger partial charge in [0, 0.05) is 21.5 Å². The second-order valence-electron chi connectivity index (χ2n) is 4.89. The van der Waals surface area contributed by atoms with Gasteiger partial charge in [-0.2, -0.15) is 0 Å². The Morgan fingerprint density at radius 1 is 1.22 bits per heavy atom. The van der Waals surface area contributed by atoms with Gasteiger partial charge >= 0.3 is 5.97 Å². The van der Waals surface area contributed by atoms with Crippen LogP contribution >= 0.6 is 27.5 Å². The molecule has 2 aromatic rings. The summed E-state index contributed by atoms with van der Waals surface area (Å²) in [5.74, 6) is -0.850. The SMILES string of the molecule is COC(=O)[C@@H](Cc1cccc(Cl)c1)NC(=O)c1cccc(Br)c1. The summed E-state index contributed by atoms with van der Waals surface area (Å²) in [6.45, 7) is 0. The van der Waals surface area contributed by atoms with Crippen LogP contribution in [0, 0.1) is 0 Å². The number of rotatable bonds is 5. The van der Waals surface area contributed by atoms with Crippen LogP contribution in [0.5, 0.6) is 0 Å². The molecule has 2 rings (SSSR count). The zero-order valence-electron chi connectivity index (χ0n) is 12.4. The van der Waals surface area contributed by atoms with E-state index >= 15 is 0 Å². The third kappa shape index (κ3) is 5.08. The van der Waals surface area contributed by atoms with Crippen molar-refractivity contribution in [1.29, 1.82) is 0 Å². The third-order valence-electron chi connectivity index (χ3n) is 3.21. The molecule has 0 saturated carbocycles. The minimum absolute atomic E-state index is 0.299. The molecular weight excluding hydrogens is 382 g/mol. The van der Waals surface area contributed by atoms with Gasteiger partial charge in [-0.25, -0.2) is 4.79 Å². The Morgan fingerprint density at radius 3 is 2.61 bits per heavy atom. The van der Waals surface area contributed by atoms with Gasteiger partial charge in [0.1, 0.15) is 6.04 Å². The molecule has 0 aliphatic heterocycles. The predicted octanol–water partition coefficient (Wildman–Crippen LogP) is 3.62. The number of benzene rings is 2. The van der Waals surface area contributed by atoms with Gasteiger partial charge in [0.15, 0.2) is 0 Å². The van der Waals surface area contributed by atoms with Crippen molar-refractivity contribution in [2.24, 2.45) is 0 Å². The maximum atomic E-state index is 12.3. The number of carbonyl (C=O) groups excluding carboxylic acids is 2. The van der Waals surface area contributed by atoms with Crippen molar-refractivity contribution < 1.29 is 14.3 Å². The molecule has 6 heteroatoms. The first-order valence-electron chi connectivity index (χ1n) is 6.88. The monoisotopic (exact) mass is 395 g/mol. The number of carbonyl (C=O) groups is 2. The fourth-order valence-corrected chi connectivity index (χ4v) is 2.72. The van der Waals surface area contributed by atoms with Crippen molar-refractivity contribution in [3.8, 4) is 0 Å². The number of esters is 1. The van der Waals surface area contributed by atoms with Gasteiger partial charge in [-0.15, -0.1) is 0 Å². The first-order chi connectivity index (χ1) is 11.0. The van der Waals surface area contributed by atoms with Gasteiger partial charge < -0.3 is 10.1 Å². The van der Waals surface area contributed by atoms with E-state index in [9.17, 15) is 9.59 Å². The van der Waals surface area contributed by atoms with Crippen LogP contribution in [0.25, 0.3) is 0 Å². The lowest BCUT2D eigenvalue weighted by Crippen LogP contribution is -2.43. The standard InChI is InChI=1S/C17H15BrClNO3/c1-23-17(22)15(9-11-4-2-7-14(19)8-11)20-16(21)12-5-3-6-13(18)10-12/h2-8,10,15H,9H2,1H3,(H,20,21)/t15-/m1/s1. The van der Waals surface area contributed by atoms with Crippen LogP contribution in [0.3, 0.4) is 0 Å². The van der Waals surface area contributed by atoms with Crippen LogP contribution in [0.4, 0.5) is 0 Å². The lowest BCUT2D eigenvalue weighted by Gasteiger charge is -2.17. The van der Waals surface area contributed by atoms with Crippen LogP contribution in [0.2, 0.25) is 5.02 Å². The first kappa shape index (κ1) is 17.5. The van der Waals surface area contributed by atoms with E-state index in [-0.39, 0.29) is 5.91 Å². The summed E-state index contributed by atoms with van der Waals surface area (Å²) in [6, 6.07) is 13.3. The van der Waals surface area contributed by atoms with E-state index in [0.29, 0.717) is 17.0 Å². The molecule has 0 saturated heterocycles. The van der Waals surface area contributed by atoms with Crippen molar-refractivity contribution in [3.63, 3.8) is 0 Å². The minimum atomic E-state index is -0.787. The zero-order valence-corrected chi connectivity index (χ0v) is 14.7. The number of hydrogen-bond acceptors (Lipinski definition) is 3. The van der Waals surface area contributed by atoms with E-state index in [1.54, 1.807) is 36.4 Å². The molecule has 0 aliphatic carbocycles. The molecule has 1 atom stereocenters. The maximum absolute atomic E-state index is 12.3. The Balaban J connectivity index is 2.15. The highest BCUT2D eigenvalue weighted by Crippen LogP contribution is 2.14. The lowest BCUT2D eigenvalue weighted by molar-refractivity contribution is -0.142. The number of methoxy groups -OCH3 is 1. The average molecular weight is 397 g/mol. The summed E-state index contributed by atoms with van der Waals surface area (Å²) in [5, 5.41) is 3.28. The fraction of sp³-hybridized carbons (Fsp3) is 0.176. The molecule has 0 fully saturated rings. The smallest absolute Gasteiger partial charge is 0.328 e. The molecular formula is C17H15BrClNO3. The molecule has 0 aliphatic rings. The van der Waals surface area contributed by atoms with Crippen molar-refractivity contribution in [2.45, 2.75) is 12.5 Å². The normalized spacial score (nSPS) is 11.6. The van der Waals surface area contributed by atoms with Gasteiger partial charge in [0.05, 0.1) is 7.11 Å². The Kier molecular flexibility index (Phi) is 6.19. The van der Waals surface area contributed by atoms with Crippen LogP contribution in [-0.4, -0.2) is 25.0 Å². The van der Waals surface area contributed by atoms with Gasteiger partial charge in [0.25, 0.3) is 5.91 Å². The Morgan fingerprint density at radius 2 is 1.96 bits per heavy atom. The van der Waals surface area contributed by atoms with Crippen LogP contribution in [0.15, 0.2) is 53.0 Å². The minimum Gasteiger partial charge on any atom is -0.467 e. The predicted molar refractivity (Wildman–Crippen MR) is 92.6 cm³/mol. The number of halogens is 2. The Hall–Kier alpha value is -1.85. The molecule has 4 nitrogen and oxygen atoms in total. The highest BCUT2D eigenvalue weighted by atomic mass is 79.9. The molecule has 1 amide bonds. The van der Waals surface area contributed by atoms with E-state index in [1.165, 1.54) is 7.11 Å². The number of hydrogen-bond donors (Lipinski definition) is 1. The van der Waals surface area contributed by atoms with E-state index in [1.807, 2.05) is 12.1 Å². The molecule has 0 radical (unpaired) electrons. The van der Waals surface area contributed by atoms with E-state index < -0.39 is 12.0 Å². The second kappa shape index (κ2) is 8.13. The van der Waals surface area contributed by atoms with Crippen molar-refractivity contribution in [1.82, 2.24) is 5.32 Å². The maximum Gasteiger partial charge on any atom is 0.328 e. The van der Waals surface area contributed by atoms with Crippen LogP contribution < -0.4 is 5.32 Å². The largest absolute Gasteiger partial charge is 0.467 e. The topological polar surface area (TPSA) is 55.4 Å². The Labute approximate surface area is 147 Å². The van der Waals surface area contributed by atoms with Gasteiger partial charge in [-0.05, 0) is 35.9 Å². The summed E-state index contributed by atoms with van der Waals surface area (Å²) in [6.07, 6.45) is 0.299. The van der Waals surface area contributed by atoms with E-state index in [4.69, 9.17) is 16.3 Å². The summed E-state index contributed by atoms with van der Waals surface area (Å²) >= 11 is 9.27. The van der Waals surface area contributed by atoms with E-state index in [0.717, 1.165) is 10.0 Å². The molecule has 1 N–H and O–H groups in total. The molecule has 0 unspecified atom stereocenters. The van der Waals surface area contributed by atoms with Gasteiger partial charge in [0.2, 0.25) is 0 Å².